The van der Waals surface area contributed by atoms with E-state index in [2.05, 4.69) is 15.0 Å². The molecule has 27 heavy (non-hydrogen) atoms. The summed E-state index contributed by atoms with van der Waals surface area (Å²) in [5.41, 5.74) is 0.798. The third kappa shape index (κ3) is 3.56. The van der Waals surface area contributed by atoms with Crippen LogP contribution in [0.3, 0.4) is 0 Å². The number of likely N-dealkylation sites (tertiary alicyclic amines) is 2. The molecule has 2 aromatic heterocycles. The van der Waals surface area contributed by atoms with Crippen molar-refractivity contribution >= 4 is 11.8 Å². The van der Waals surface area contributed by atoms with Gasteiger partial charge in [0, 0.05) is 44.5 Å². The largest absolute Gasteiger partial charge is 0.445 e. The van der Waals surface area contributed by atoms with Gasteiger partial charge in [0.1, 0.15) is 11.5 Å². The van der Waals surface area contributed by atoms with E-state index in [1.54, 1.807) is 18.0 Å². The van der Waals surface area contributed by atoms with Crippen molar-refractivity contribution in [2.75, 3.05) is 26.2 Å². The summed E-state index contributed by atoms with van der Waals surface area (Å²) in [7, 11) is 0. The number of carbonyl (C=O) groups is 2. The Morgan fingerprint density at radius 3 is 2.41 bits per heavy atom. The number of rotatable bonds is 3. The van der Waals surface area contributed by atoms with Crippen LogP contribution in [0.4, 0.5) is 0 Å². The molecule has 0 aliphatic carbocycles. The summed E-state index contributed by atoms with van der Waals surface area (Å²) in [6, 6.07) is 0. The van der Waals surface area contributed by atoms with Crippen LogP contribution >= 0.6 is 0 Å². The van der Waals surface area contributed by atoms with Gasteiger partial charge in [-0.3, -0.25) is 14.6 Å². The van der Waals surface area contributed by atoms with E-state index in [1.807, 2.05) is 4.90 Å². The molecule has 0 N–H and O–H groups in total. The lowest BCUT2D eigenvalue weighted by molar-refractivity contribution is 0.0699. The molecule has 0 spiro atoms. The maximum atomic E-state index is 12.6. The van der Waals surface area contributed by atoms with Gasteiger partial charge in [-0.2, -0.15) is 0 Å². The van der Waals surface area contributed by atoms with E-state index in [0.717, 1.165) is 38.8 Å². The standard InChI is InChI=1S/C19H23N5O3/c1-13-16(19(26)23-8-2-3-9-23)22-17(27-13)14-4-10-24(11-5-14)18(25)15-12-20-6-7-21-15/h6-7,12,14H,2-5,8-11H2,1H3. The van der Waals surface area contributed by atoms with Crippen LogP contribution in [0.25, 0.3) is 0 Å². The third-order valence-electron chi connectivity index (χ3n) is 5.32. The summed E-state index contributed by atoms with van der Waals surface area (Å²) >= 11 is 0. The van der Waals surface area contributed by atoms with Crippen molar-refractivity contribution in [3.8, 4) is 0 Å². The molecule has 2 fully saturated rings. The maximum absolute atomic E-state index is 12.6. The molecule has 142 valence electrons. The van der Waals surface area contributed by atoms with Gasteiger partial charge < -0.3 is 14.2 Å². The first kappa shape index (κ1) is 17.6. The number of aryl methyl sites for hydroxylation is 1. The number of piperidine rings is 1. The van der Waals surface area contributed by atoms with E-state index in [9.17, 15) is 9.59 Å². The highest BCUT2D eigenvalue weighted by Crippen LogP contribution is 2.30. The maximum Gasteiger partial charge on any atom is 0.276 e. The zero-order valence-electron chi connectivity index (χ0n) is 15.4. The Hall–Kier alpha value is -2.77. The fourth-order valence-electron chi connectivity index (χ4n) is 3.76. The number of hydrogen-bond donors (Lipinski definition) is 0. The van der Waals surface area contributed by atoms with Crippen molar-refractivity contribution in [3.05, 3.63) is 41.6 Å². The third-order valence-corrected chi connectivity index (χ3v) is 5.32. The van der Waals surface area contributed by atoms with Gasteiger partial charge in [-0.1, -0.05) is 0 Å². The first-order valence-corrected chi connectivity index (χ1v) is 9.45. The lowest BCUT2D eigenvalue weighted by Crippen LogP contribution is -2.38. The van der Waals surface area contributed by atoms with Crippen LogP contribution in [0, 0.1) is 6.92 Å². The Morgan fingerprint density at radius 1 is 1.04 bits per heavy atom. The molecule has 2 aliphatic rings. The van der Waals surface area contributed by atoms with E-state index in [4.69, 9.17) is 4.42 Å². The summed E-state index contributed by atoms with van der Waals surface area (Å²) in [4.78, 5) is 41.3. The summed E-state index contributed by atoms with van der Waals surface area (Å²) in [5, 5.41) is 0. The molecule has 4 rings (SSSR count). The number of oxazole rings is 1. The predicted octanol–water partition coefficient (Wildman–Crippen LogP) is 2.03. The fraction of sp³-hybridized carbons (Fsp3) is 0.526. The fourth-order valence-corrected chi connectivity index (χ4v) is 3.76. The van der Waals surface area contributed by atoms with Crippen LogP contribution in [0.1, 0.15) is 64.2 Å². The smallest absolute Gasteiger partial charge is 0.276 e. The molecule has 8 nitrogen and oxygen atoms in total. The quantitative estimate of drug-likeness (QED) is 0.822. The van der Waals surface area contributed by atoms with Crippen molar-refractivity contribution in [2.45, 2.75) is 38.5 Å². The lowest BCUT2D eigenvalue weighted by atomic mass is 9.96. The number of nitrogens with zero attached hydrogens (tertiary/aromatic N) is 5. The molecule has 2 amide bonds. The molecule has 0 aromatic carbocycles. The highest BCUT2D eigenvalue weighted by Gasteiger charge is 2.31. The zero-order chi connectivity index (χ0) is 18.8. The van der Waals surface area contributed by atoms with Gasteiger partial charge in [0.2, 0.25) is 0 Å². The van der Waals surface area contributed by atoms with E-state index < -0.39 is 0 Å². The first-order valence-electron chi connectivity index (χ1n) is 9.45. The zero-order valence-corrected chi connectivity index (χ0v) is 15.4. The van der Waals surface area contributed by atoms with Gasteiger partial charge in [-0.15, -0.1) is 0 Å². The SMILES string of the molecule is Cc1oc(C2CCN(C(=O)c3cnccn3)CC2)nc1C(=O)N1CCCC1. The number of carbonyl (C=O) groups excluding carboxylic acids is 2. The van der Waals surface area contributed by atoms with Crippen LogP contribution in [-0.2, 0) is 0 Å². The molecule has 0 bridgehead atoms. The van der Waals surface area contributed by atoms with E-state index in [0.29, 0.717) is 36.1 Å². The minimum absolute atomic E-state index is 0.0322. The second-order valence-electron chi connectivity index (χ2n) is 7.11. The van der Waals surface area contributed by atoms with Gasteiger partial charge in [-0.05, 0) is 32.6 Å². The van der Waals surface area contributed by atoms with Gasteiger partial charge in [0.05, 0.1) is 6.20 Å². The number of aromatic nitrogens is 3. The minimum atomic E-state index is -0.102. The lowest BCUT2D eigenvalue weighted by Gasteiger charge is -2.30. The van der Waals surface area contributed by atoms with Crippen molar-refractivity contribution in [1.29, 1.82) is 0 Å². The molecule has 2 aliphatic heterocycles. The Kier molecular flexibility index (Phi) is 4.87. The van der Waals surface area contributed by atoms with Crippen molar-refractivity contribution in [2.24, 2.45) is 0 Å². The van der Waals surface area contributed by atoms with Gasteiger partial charge in [0.25, 0.3) is 11.8 Å². The highest BCUT2D eigenvalue weighted by molar-refractivity contribution is 5.93. The second kappa shape index (κ2) is 7.46. The number of hydrogen-bond acceptors (Lipinski definition) is 6. The Morgan fingerprint density at radius 2 is 1.74 bits per heavy atom. The van der Waals surface area contributed by atoms with Gasteiger partial charge in [-0.25, -0.2) is 9.97 Å². The Bertz CT molecular complexity index is 821. The normalized spacial score (nSPS) is 18.1. The van der Waals surface area contributed by atoms with Crippen molar-refractivity contribution < 1.29 is 14.0 Å². The molecular formula is C19H23N5O3. The Balaban J connectivity index is 1.40. The van der Waals surface area contributed by atoms with E-state index in [-0.39, 0.29) is 17.7 Å². The van der Waals surface area contributed by atoms with Gasteiger partial charge >= 0.3 is 0 Å². The van der Waals surface area contributed by atoms with Crippen molar-refractivity contribution in [1.82, 2.24) is 24.8 Å². The molecule has 0 radical (unpaired) electrons. The molecule has 4 heterocycles. The van der Waals surface area contributed by atoms with E-state index in [1.165, 1.54) is 12.4 Å². The van der Waals surface area contributed by atoms with Crippen LogP contribution in [0.15, 0.2) is 23.0 Å². The van der Waals surface area contributed by atoms with Crippen LogP contribution in [0.5, 0.6) is 0 Å². The van der Waals surface area contributed by atoms with E-state index >= 15 is 0 Å². The minimum Gasteiger partial charge on any atom is -0.445 e. The summed E-state index contributed by atoms with van der Waals surface area (Å²) in [5.74, 6) is 1.18. The first-order chi connectivity index (χ1) is 13.1. The molecule has 0 atom stereocenters. The Labute approximate surface area is 157 Å². The summed E-state index contributed by atoms with van der Waals surface area (Å²) in [6.07, 6.45) is 8.17. The molecular weight excluding hydrogens is 346 g/mol. The molecule has 0 saturated carbocycles. The van der Waals surface area contributed by atoms with Crippen LogP contribution in [0.2, 0.25) is 0 Å². The van der Waals surface area contributed by atoms with Crippen LogP contribution in [-0.4, -0.2) is 62.7 Å². The second-order valence-corrected chi connectivity index (χ2v) is 7.11. The molecule has 2 aromatic rings. The predicted molar refractivity (Wildman–Crippen MR) is 96.3 cm³/mol. The van der Waals surface area contributed by atoms with Crippen LogP contribution < -0.4 is 0 Å². The number of amides is 2. The highest BCUT2D eigenvalue weighted by atomic mass is 16.4. The summed E-state index contributed by atoms with van der Waals surface area (Å²) < 4.78 is 5.83. The molecule has 8 heteroatoms. The average Bonchev–Trinajstić information content (AvgIpc) is 3.38. The van der Waals surface area contributed by atoms with Gasteiger partial charge in [0.15, 0.2) is 11.6 Å². The monoisotopic (exact) mass is 369 g/mol. The molecule has 2 saturated heterocycles. The topological polar surface area (TPSA) is 92.4 Å². The van der Waals surface area contributed by atoms with Crippen molar-refractivity contribution in [3.63, 3.8) is 0 Å². The molecule has 0 unspecified atom stereocenters. The average molecular weight is 369 g/mol. The summed E-state index contributed by atoms with van der Waals surface area (Å²) in [6.45, 7) is 4.60.